The van der Waals surface area contributed by atoms with Gasteiger partial charge in [-0.2, -0.15) is 0 Å². The second-order valence-electron chi connectivity index (χ2n) is 15.2. The Morgan fingerprint density at radius 2 is 1.52 bits per heavy atom. The SMILES string of the molecule is CC1(C)CC[C@@]2(CO)[C@H](C1)C1=CC[C@@H]3[C@@]4(C)CC[C@H](O)C(C)(C)[C@@H]4CC[C@@]3(C)[C@]1(C)C[C@@H]2O. The summed E-state index contributed by atoms with van der Waals surface area (Å²) in [5.74, 6) is 1.41. The summed E-state index contributed by atoms with van der Waals surface area (Å²) in [6.07, 6.45) is 11.3. The van der Waals surface area contributed by atoms with Crippen LogP contribution in [0.2, 0.25) is 0 Å². The third kappa shape index (κ3) is 2.91. The average Bonchev–Trinajstić information content (AvgIpc) is 2.71. The fraction of sp³-hybridized carbons (Fsp3) is 0.933. The first-order chi connectivity index (χ1) is 15.2. The van der Waals surface area contributed by atoms with Crippen LogP contribution in [-0.2, 0) is 0 Å². The van der Waals surface area contributed by atoms with E-state index in [1.807, 2.05) is 0 Å². The molecule has 0 amide bonds. The van der Waals surface area contributed by atoms with E-state index in [1.165, 1.54) is 12.8 Å². The second-order valence-corrected chi connectivity index (χ2v) is 15.2. The molecular weight excluding hydrogens is 408 g/mol. The molecule has 188 valence electrons. The fourth-order valence-corrected chi connectivity index (χ4v) is 10.7. The van der Waals surface area contributed by atoms with Crippen LogP contribution < -0.4 is 0 Å². The van der Waals surface area contributed by atoms with Gasteiger partial charge in [0.15, 0.2) is 0 Å². The molecule has 3 heteroatoms. The topological polar surface area (TPSA) is 60.7 Å². The van der Waals surface area contributed by atoms with E-state index in [1.54, 1.807) is 5.57 Å². The molecule has 9 atom stereocenters. The van der Waals surface area contributed by atoms with Gasteiger partial charge in [-0.3, -0.25) is 0 Å². The van der Waals surface area contributed by atoms with Gasteiger partial charge >= 0.3 is 0 Å². The van der Waals surface area contributed by atoms with Crippen molar-refractivity contribution in [2.45, 2.75) is 118 Å². The third-order valence-electron chi connectivity index (χ3n) is 13.2. The average molecular weight is 459 g/mol. The van der Waals surface area contributed by atoms with Gasteiger partial charge in [0.25, 0.3) is 0 Å². The summed E-state index contributed by atoms with van der Waals surface area (Å²) in [6, 6.07) is 0. The monoisotopic (exact) mass is 458 g/mol. The lowest BCUT2D eigenvalue weighted by molar-refractivity contribution is -0.218. The van der Waals surface area contributed by atoms with Gasteiger partial charge in [0.2, 0.25) is 0 Å². The summed E-state index contributed by atoms with van der Waals surface area (Å²) in [4.78, 5) is 0. The highest BCUT2D eigenvalue weighted by Gasteiger charge is 2.69. The van der Waals surface area contributed by atoms with Gasteiger partial charge in [-0.05, 0) is 103 Å². The summed E-state index contributed by atoms with van der Waals surface area (Å²) in [6.45, 7) is 17.0. The molecule has 33 heavy (non-hydrogen) atoms. The molecule has 0 aromatic heterocycles. The third-order valence-corrected chi connectivity index (χ3v) is 13.2. The predicted molar refractivity (Wildman–Crippen MR) is 134 cm³/mol. The highest BCUT2D eigenvalue weighted by atomic mass is 16.3. The van der Waals surface area contributed by atoms with E-state index in [0.717, 1.165) is 44.9 Å². The van der Waals surface area contributed by atoms with Crippen molar-refractivity contribution >= 4 is 0 Å². The Bertz CT molecular complexity index is 843. The van der Waals surface area contributed by atoms with Crippen LogP contribution in [0.4, 0.5) is 0 Å². The van der Waals surface area contributed by atoms with Crippen molar-refractivity contribution in [3.63, 3.8) is 0 Å². The highest BCUT2D eigenvalue weighted by molar-refractivity contribution is 5.35. The van der Waals surface area contributed by atoms with Crippen molar-refractivity contribution in [2.24, 2.45) is 50.2 Å². The molecule has 5 aliphatic carbocycles. The molecule has 0 saturated heterocycles. The van der Waals surface area contributed by atoms with Crippen molar-refractivity contribution in [1.29, 1.82) is 0 Å². The molecule has 0 aromatic rings. The Kier molecular flexibility index (Phi) is 5.23. The number of aliphatic hydroxyl groups is 3. The summed E-state index contributed by atoms with van der Waals surface area (Å²) < 4.78 is 0. The van der Waals surface area contributed by atoms with E-state index < -0.39 is 6.10 Å². The molecule has 0 aliphatic heterocycles. The molecule has 3 nitrogen and oxygen atoms in total. The summed E-state index contributed by atoms with van der Waals surface area (Å²) in [5, 5.41) is 33.3. The van der Waals surface area contributed by atoms with E-state index >= 15 is 0 Å². The van der Waals surface area contributed by atoms with Crippen LogP contribution in [-0.4, -0.2) is 34.1 Å². The molecule has 3 N–H and O–H groups in total. The van der Waals surface area contributed by atoms with E-state index in [2.05, 4.69) is 54.5 Å². The Hall–Kier alpha value is -0.380. The van der Waals surface area contributed by atoms with E-state index in [4.69, 9.17) is 0 Å². The first kappa shape index (κ1) is 24.3. The maximum Gasteiger partial charge on any atom is 0.0632 e. The van der Waals surface area contributed by atoms with Crippen molar-refractivity contribution in [3.05, 3.63) is 11.6 Å². The maximum absolute atomic E-state index is 11.7. The molecule has 5 aliphatic rings. The molecule has 0 spiro atoms. The molecule has 5 rings (SSSR count). The number of fused-ring (bicyclic) bond motifs is 7. The molecule has 0 radical (unpaired) electrons. The van der Waals surface area contributed by atoms with Gasteiger partial charge in [0, 0.05) is 5.41 Å². The molecule has 4 fully saturated rings. The standard InChI is InChI=1S/C30H50O3/c1-25(2)14-15-30(18-31)20(16-25)19-8-9-22-27(5)12-11-23(32)26(3,4)21(27)10-13-28(22,6)29(19,7)17-24(30)33/h8,20-24,31-33H,9-18H2,1-7H3/t20-,21+,22-,23+,24+,27+,28-,29-,30-/m1/s1. The first-order valence-corrected chi connectivity index (χ1v) is 13.9. The van der Waals surface area contributed by atoms with Crippen LogP contribution in [0.15, 0.2) is 11.6 Å². The lowest BCUT2D eigenvalue weighted by Gasteiger charge is -2.72. The van der Waals surface area contributed by atoms with Gasteiger partial charge in [-0.25, -0.2) is 0 Å². The van der Waals surface area contributed by atoms with Crippen molar-refractivity contribution in [3.8, 4) is 0 Å². The highest BCUT2D eigenvalue weighted by Crippen LogP contribution is 2.75. The first-order valence-electron chi connectivity index (χ1n) is 13.9. The van der Waals surface area contributed by atoms with E-state index in [-0.39, 0.29) is 51.1 Å². The second kappa shape index (κ2) is 7.10. The fourth-order valence-electron chi connectivity index (χ4n) is 10.7. The number of allylic oxidation sites excluding steroid dienone is 2. The molecule has 0 aromatic carbocycles. The zero-order valence-electron chi connectivity index (χ0n) is 22.4. The Morgan fingerprint density at radius 1 is 0.818 bits per heavy atom. The van der Waals surface area contributed by atoms with Crippen LogP contribution in [0.25, 0.3) is 0 Å². The summed E-state index contributed by atoms with van der Waals surface area (Å²) >= 11 is 0. The summed E-state index contributed by atoms with van der Waals surface area (Å²) in [7, 11) is 0. The maximum atomic E-state index is 11.7. The van der Waals surface area contributed by atoms with Crippen LogP contribution in [0.5, 0.6) is 0 Å². The van der Waals surface area contributed by atoms with Gasteiger partial charge < -0.3 is 15.3 Å². The van der Waals surface area contributed by atoms with Crippen LogP contribution in [0.3, 0.4) is 0 Å². The predicted octanol–water partition coefficient (Wildman–Crippen LogP) is 6.11. The normalized spacial score (nSPS) is 54.8. The quantitative estimate of drug-likeness (QED) is 0.415. The Balaban J connectivity index is 1.61. The zero-order chi connectivity index (χ0) is 24.2. The zero-order valence-corrected chi connectivity index (χ0v) is 22.4. The van der Waals surface area contributed by atoms with Gasteiger partial charge in [0.1, 0.15) is 0 Å². The minimum absolute atomic E-state index is 0.0275. The Morgan fingerprint density at radius 3 is 2.18 bits per heavy atom. The Labute approximate surface area is 202 Å². The molecular formula is C30H50O3. The molecule has 0 heterocycles. The van der Waals surface area contributed by atoms with E-state index in [9.17, 15) is 15.3 Å². The van der Waals surface area contributed by atoms with Gasteiger partial charge in [-0.1, -0.05) is 60.1 Å². The van der Waals surface area contributed by atoms with E-state index in [0.29, 0.717) is 11.8 Å². The number of hydrogen-bond acceptors (Lipinski definition) is 3. The molecule has 0 bridgehead atoms. The minimum atomic E-state index is -0.434. The largest absolute Gasteiger partial charge is 0.396 e. The number of hydrogen-bond donors (Lipinski definition) is 3. The smallest absolute Gasteiger partial charge is 0.0632 e. The molecule has 0 unspecified atom stereocenters. The van der Waals surface area contributed by atoms with Crippen LogP contribution in [0, 0.1) is 50.2 Å². The van der Waals surface area contributed by atoms with Crippen molar-refractivity contribution in [2.75, 3.05) is 6.61 Å². The van der Waals surface area contributed by atoms with Gasteiger partial charge in [0.05, 0.1) is 18.8 Å². The van der Waals surface area contributed by atoms with Crippen LogP contribution in [0.1, 0.15) is 106 Å². The van der Waals surface area contributed by atoms with Gasteiger partial charge in [-0.15, -0.1) is 0 Å². The lowest BCUT2D eigenvalue weighted by atomic mass is 9.33. The van der Waals surface area contributed by atoms with Crippen molar-refractivity contribution in [1.82, 2.24) is 0 Å². The minimum Gasteiger partial charge on any atom is -0.396 e. The number of aliphatic hydroxyl groups excluding tert-OH is 3. The van der Waals surface area contributed by atoms with Crippen LogP contribution >= 0.6 is 0 Å². The van der Waals surface area contributed by atoms with Crippen molar-refractivity contribution < 1.29 is 15.3 Å². The lowest BCUT2D eigenvalue weighted by Crippen LogP contribution is -2.67. The molecule has 4 saturated carbocycles. The number of rotatable bonds is 1. The summed E-state index contributed by atoms with van der Waals surface area (Å²) in [5.41, 5.74) is 1.78.